The molecule has 0 unspecified atom stereocenters. The third-order valence-corrected chi connectivity index (χ3v) is 6.32. The van der Waals surface area contributed by atoms with Gasteiger partial charge in [0, 0.05) is 50.1 Å². The molecule has 10 heteroatoms. The van der Waals surface area contributed by atoms with E-state index in [1.54, 1.807) is 43.1 Å². The van der Waals surface area contributed by atoms with Crippen LogP contribution in [0.4, 0.5) is 10.5 Å². The average molecular weight is 548 g/mol. The molecule has 3 heterocycles. The second-order valence-electron chi connectivity index (χ2n) is 10.2. The van der Waals surface area contributed by atoms with Gasteiger partial charge in [0.1, 0.15) is 0 Å². The number of nitrogens with zero attached hydrogens (tertiary/aromatic N) is 4. The standard InChI is InChI=1S/C30H37N5O5/c1-19(2)14-25-28-22(15-20(3)31-25)16-23(32-28)18-35-13-9-10-21(29(35)38)17-26(36)24(33-30(39)40-6)11-7-8-12-27(37)34(4)5/h8-10,12-15,24H,7,11,16-18H2,1-6H3,(H,33,39)/b12-8+/t24-/m0/s1. The summed E-state index contributed by atoms with van der Waals surface area (Å²) in [7, 11) is 4.50. The topological polar surface area (TPSA) is 123 Å². The fraction of sp³-hybridized carbons (Fsp3) is 0.400. The predicted molar refractivity (Wildman–Crippen MR) is 155 cm³/mol. The molecule has 40 heavy (non-hydrogen) atoms. The highest BCUT2D eigenvalue weighted by molar-refractivity contribution is 5.95. The molecule has 0 fully saturated rings. The van der Waals surface area contributed by atoms with E-state index in [2.05, 4.69) is 15.0 Å². The van der Waals surface area contributed by atoms with Crippen LogP contribution in [0.25, 0.3) is 6.08 Å². The molecule has 0 bridgehead atoms. The first-order chi connectivity index (χ1) is 19.0. The molecule has 212 valence electrons. The smallest absolute Gasteiger partial charge is 0.407 e. The Balaban J connectivity index is 1.75. The van der Waals surface area contributed by atoms with Crippen LogP contribution in [0.3, 0.4) is 0 Å². The van der Waals surface area contributed by atoms with E-state index < -0.39 is 12.1 Å². The van der Waals surface area contributed by atoms with Gasteiger partial charge in [-0.2, -0.15) is 0 Å². The van der Waals surface area contributed by atoms with E-state index in [-0.39, 0.29) is 36.6 Å². The molecule has 1 aliphatic heterocycles. The minimum atomic E-state index is -0.877. The molecule has 0 aromatic carbocycles. The first-order valence-corrected chi connectivity index (χ1v) is 13.1. The number of alkyl carbamates (subject to hydrolysis) is 1. The van der Waals surface area contributed by atoms with Crippen molar-refractivity contribution in [3.8, 4) is 0 Å². The molecule has 0 saturated heterocycles. The number of rotatable bonds is 11. The van der Waals surface area contributed by atoms with E-state index in [1.807, 2.05) is 32.9 Å². The summed E-state index contributed by atoms with van der Waals surface area (Å²) in [6, 6.07) is 4.49. The van der Waals surface area contributed by atoms with Crippen molar-refractivity contribution in [2.75, 3.05) is 21.2 Å². The summed E-state index contributed by atoms with van der Waals surface area (Å²) in [6.45, 7) is 6.26. The van der Waals surface area contributed by atoms with Crippen LogP contribution in [-0.4, -0.2) is 65.2 Å². The molecule has 2 aromatic heterocycles. The van der Waals surface area contributed by atoms with Gasteiger partial charge in [0.05, 0.1) is 31.1 Å². The Labute approximate surface area is 234 Å². The lowest BCUT2D eigenvalue weighted by molar-refractivity contribution is -0.123. The maximum Gasteiger partial charge on any atom is 0.407 e. The van der Waals surface area contributed by atoms with E-state index in [1.165, 1.54) is 18.1 Å². The lowest BCUT2D eigenvalue weighted by atomic mass is 10.0. The molecule has 3 rings (SSSR count). The molecule has 1 atom stereocenters. The number of Topliss-reactive ketones (excluding diaryl/α,β-unsaturated/α-hetero) is 1. The Bertz CT molecular complexity index is 1430. The van der Waals surface area contributed by atoms with Gasteiger partial charge in [-0.05, 0) is 63.5 Å². The summed E-state index contributed by atoms with van der Waals surface area (Å²) in [5.41, 5.74) is 5.63. The van der Waals surface area contributed by atoms with Gasteiger partial charge in [0.25, 0.3) is 5.56 Å². The van der Waals surface area contributed by atoms with E-state index in [4.69, 9.17) is 4.99 Å². The highest BCUT2D eigenvalue weighted by atomic mass is 16.5. The molecule has 2 aromatic rings. The molecule has 0 aliphatic carbocycles. The maximum absolute atomic E-state index is 13.3. The van der Waals surface area contributed by atoms with E-state index in [9.17, 15) is 19.2 Å². The number of amides is 2. The highest BCUT2D eigenvalue weighted by Gasteiger charge is 2.23. The molecule has 0 spiro atoms. The van der Waals surface area contributed by atoms with Crippen molar-refractivity contribution < 1.29 is 19.1 Å². The number of aromatic nitrogens is 2. The van der Waals surface area contributed by atoms with Crippen molar-refractivity contribution in [2.24, 2.45) is 4.99 Å². The molecule has 1 aliphatic rings. The van der Waals surface area contributed by atoms with Crippen LogP contribution < -0.4 is 10.9 Å². The Morgan fingerprint density at radius 2 is 2.00 bits per heavy atom. The third kappa shape index (κ3) is 8.08. The molecule has 1 N–H and O–H groups in total. The zero-order valence-electron chi connectivity index (χ0n) is 24.0. The fourth-order valence-corrected chi connectivity index (χ4v) is 4.37. The Kier molecular flexibility index (Phi) is 10.3. The van der Waals surface area contributed by atoms with Gasteiger partial charge in [-0.3, -0.25) is 24.4 Å². The number of likely N-dealkylation sites (N-methyl/N-ethyl adjacent to an activating group) is 1. The number of nitrogens with one attached hydrogen (secondary N) is 1. The minimum Gasteiger partial charge on any atom is -0.453 e. The van der Waals surface area contributed by atoms with Crippen molar-refractivity contribution in [2.45, 2.75) is 59.0 Å². The van der Waals surface area contributed by atoms with Crippen molar-refractivity contribution in [3.63, 3.8) is 0 Å². The zero-order chi connectivity index (χ0) is 29.4. The van der Waals surface area contributed by atoms with Crippen molar-refractivity contribution in [1.29, 1.82) is 0 Å². The number of carbonyl (C=O) groups excluding carboxylic acids is 3. The van der Waals surface area contributed by atoms with Gasteiger partial charge in [0.2, 0.25) is 5.91 Å². The largest absolute Gasteiger partial charge is 0.453 e. The van der Waals surface area contributed by atoms with Crippen molar-refractivity contribution >= 4 is 35.3 Å². The summed E-state index contributed by atoms with van der Waals surface area (Å²) in [4.78, 5) is 60.9. The van der Waals surface area contributed by atoms with Gasteiger partial charge in [-0.1, -0.05) is 17.7 Å². The lowest BCUT2D eigenvalue weighted by Crippen LogP contribution is -2.42. The van der Waals surface area contributed by atoms with Crippen LogP contribution in [0.15, 0.2) is 51.9 Å². The predicted octanol–water partition coefficient (Wildman–Crippen LogP) is 3.56. The normalized spacial score (nSPS) is 12.9. The fourth-order valence-electron chi connectivity index (χ4n) is 4.37. The summed E-state index contributed by atoms with van der Waals surface area (Å²) < 4.78 is 6.22. The third-order valence-electron chi connectivity index (χ3n) is 6.32. The molecule has 0 radical (unpaired) electrons. The SMILES string of the molecule is COC(=O)N[C@@H](CC/C=C/C(=O)N(C)C)C(=O)Cc1cccn(CC2=Nc3c(cc(C)nc3C=C(C)C)C2)c1=O. The highest BCUT2D eigenvalue weighted by Crippen LogP contribution is 2.32. The van der Waals surface area contributed by atoms with Crippen LogP contribution >= 0.6 is 0 Å². The molecule has 10 nitrogen and oxygen atoms in total. The van der Waals surface area contributed by atoms with Crippen molar-refractivity contribution in [3.05, 3.63) is 75.0 Å². The second kappa shape index (κ2) is 13.6. The summed E-state index contributed by atoms with van der Waals surface area (Å²) in [5.74, 6) is -0.505. The van der Waals surface area contributed by atoms with Gasteiger partial charge < -0.3 is 19.5 Å². The zero-order valence-corrected chi connectivity index (χ0v) is 24.0. The number of carbonyl (C=O) groups is 3. The quantitative estimate of drug-likeness (QED) is 0.429. The van der Waals surface area contributed by atoms with Crippen LogP contribution in [0.1, 0.15) is 49.2 Å². The minimum absolute atomic E-state index is 0.158. The number of aliphatic imine (C=N–C) groups is 1. The average Bonchev–Trinajstić information content (AvgIpc) is 3.29. The number of fused-ring (bicyclic) bond motifs is 1. The van der Waals surface area contributed by atoms with E-state index >= 15 is 0 Å². The maximum atomic E-state index is 13.3. The summed E-state index contributed by atoms with van der Waals surface area (Å²) in [6.07, 6.45) is 7.10. The van der Waals surface area contributed by atoms with Gasteiger partial charge >= 0.3 is 6.09 Å². The molecule has 0 saturated carbocycles. The molecular weight excluding hydrogens is 510 g/mol. The van der Waals surface area contributed by atoms with Gasteiger partial charge in [-0.25, -0.2) is 4.79 Å². The number of aryl methyl sites for hydroxylation is 1. The number of hydrogen-bond acceptors (Lipinski definition) is 7. The van der Waals surface area contributed by atoms with Crippen molar-refractivity contribution in [1.82, 2.24) is 19.8 Å². The molecular formula is C30H37N5O5. The number of methoxy groups -OCH3 is 1. The van der Waals surface area contributed by atoms with E-state index in [0.717, 1.165) is 33.9 Å². The number of allylic oxidation sites excluding steroid dienone is 2. The number of ether oxygens (including phenoxy) is 1. The summed E-state index contributed by atoms with van der Waals surface area (Å²) >= 11 is 0. The van der Waals surface area contributed by atoms with E-state index in [0.29, 0.717) is 18.4 Å². The number of hydrogen-bond donors (Lipinski definition) is 1. The van der Waals surface area contributed by atoms with Crippen LogP contribution in [0.2, 0.25) is 0 Å². The van der Waals surface area contributed by atoms with Gasteiger partial charge in [0.15, 0.2) is 5.78 Å². The Hall–Kier alpha value is -4.34. The Morgan fingerprint density at radius 1 is 1.25 bits per heavy atom. The van der Waals surface area contributed by atoms with Gasteiger partial charge in [-0.15, -0.1) is 0 Å². The first-order valence-electron chi connectivity index (χ1n) is 13.1. The van der Waals surface area contributed by atoms with Crippen LogP contribution in [-0.2, 0) is 33.7 Å². The Morgan fingerprint density at radius 3 is 2.67 bits per heavy atom. The molecule has 2 amide bonds. The number of ketones is 1. The van der Waals surface area contributed by atoms with Crippen LogP contribution in [0, 0.1) is 6.92 Å². The monoisotopic (exact) mass is 547 g/mol. The first kappa shape index (κ1) is 30.2. The number of pyridine rings is 2. The lowest BCUT2D eigenvalue weighted by Gasteiger charge is -2.16. The summed E-state index contributed by atoms with van der Waals surface area (Å²) in [5, 5.41) is 2.55. The second-order valence-corrected chi connectivity index (χ2v) is 10.2. The van der Waals surface area contributed by atoms with Crippen LogP contribution in [0.5, 0.6) is 0 Å².